The number of nitrogens with one attached hydrogen (secondary N) is 2. The quantitative estimate of drug-likeness (QED) is 0.769. The van der Waals surface area contributed by atoms with Gasteiger partial charge in [-0.05, 0) is 12.7 Å². The minimum absolute atomic E-state index is 0. The van der Waals surface area contributed by atoms with Gasteiger partial charge in [-0.3, -0.25) is 4.79 Å². The third kappa shape index (κ3) is 4.13. The van der Waals surface area contributed by atoms with Crippen LogP contribution in [0.15, 0.2) is 0 Å². The van der Waals surface area contributed by atoms with Crippen LogP contribution >= 0.6 is 24.2 Å². The first-order valence-corrected chi connectivity index (χ1v) is 6.58. The van der Waals surface area contributed by atoms with E-state index in [0.717, 1.165) is 19.5 Å². The van der Waals surface area contributed by atoms with Crippen LogP contribution in [0.5, 0.6) is 0 Å². The Morgan fingerprint density at radius 1 is 1.62 bits per heavy atom. The Morgan fingerprint density at radius 3 is 2.81 bits per heavy atom. The van der Waals surface area contributed by atoms with E-state index in [2.05, 4.69) is 10.6 Å². The Morgan fingerprint density at radius 2 is 2.31 bits per heavy atom. The molecule has 0 aromatic rings. The number of hydrogen-bond acceptors (Lipinski definition) is 4. The number of thioether (sulfide) groups is 1. The maximum Gasteiger partial charge on any atom is 0.233 e. The van der Waals surface area contributed by atoms with Gasteiger partial charge in [0.25, 0.3) is 0 Å². The van der Waals surface area contributed by atoms with Crippen molar-refractivity contribution in [3.8, 4) is 0 Å². The number of carbonyl (C=O) groups excluding carboxylic acids is 1. The topological polar surface area (TPSA) is 50.4 Å². The van der Waals surface area contributed by atoms with Gasteiger partial charge in [-0.25, -0.2) is 0 Å². The molecule has 6 heteroatoms. The molecule has 16 heavy (non-hydrogen) atoms. The number of amides is 1. The van der Waals surface area contributed by atoms with Gasteiger partial charge < -0.3 is 15.4 Å². The molecule has 3 unspecified atom stereocenters. The highest BCUT2D eigenvalue weighted by Gasteiger charge is 2.29. The molecule has 2 N–H and O–H groups in total. The lowest BCUT2D eigenvalue weighted by Crippen LogP contribution is -2.46. The number of carbonyl (C=O) groups is 1. The molecule has 1 aliphatic heterocycles. The third-order valence-electron chi connectivity index (χ3n) is 2.74. The molecule has 0 aromatic carbocycles. The van der Waals surface area contributed by atoms with Crippen LogP contribution in [-0.4, -0.2) is 49.8 Å². The second-order valence-corrected chi connectivity index (χ2v) is 4.72. The van der Waals surface area contributed by atoms with E-state index in [9.17, 15) is 4.79 Å². The number of hydrogen-bond donors (Lipinski definition) is 2. The largest absolute Gasteiger partial charge is 0.378 e. The van der Waals surface area contributed by atoms with Crippen molar-refractivity contribution < 1.29 is 9.53 Å². The summed E-state index contributed by atoms with van der Waals surface area (Å²) in [4.78, 5) is 11.8. The Labute approximate surface area is 108 Å². The van der Waals surface area contributed by atoms with Crippen LogP contribution in [0.3, 0.4) is 0 Å². The lowest BCUT2D eigenvalue weighted by Gasteiger charge is -2.21. The van der Waals surface area contributed by atoms with E-state index in [4.69, 9.17) is 4.74 Å². The zero-order valence-corrected chi connectivity index (χ0v) is 11.6. The number of halogens is 1. The molecule has 0 saturated carbocycles. The first-order chi connectivity index (χ1) is 7.22. The first-order valence-electron chi connectivity index (χ1n) is 5.29. The average molecular weight is 269 g/mol. The molecular weight excluding hydrogens is 248 g/mol. The molecule has 4 nitrogen and oxygen atoms in total. The fraction of sp³-hybridized carbons (Fsp3) is 0.900. The monoisotopic (exact) mass is 268 g/mol. The van der Waals surface area contributed by atoms with Crippen molar-refractivity contribution in [1.82, 2.24) is 10.6 Å². The Kier molecular flexibility index (Phi) is 8.18. The molecule has 0 aromatic heterocycles. The van der Waals surface area contributed by atoms with Crippen molar-refractivity contribution in [3.63, 3.8) is 0 Å². The lowest BCUT2D eigenvalue weighted by atomic mass is 10.2. The Balaban J connectivity index is 0.00000225. The van der Waals surface area contributed by atoms with Crippen LogP contribution in [0.1, 0.15) is 13.3 Å². The first kappa shape index (κ1) is 16.0. The third-order valence-corrected chi connectivity index (χ3v) is 3.85. The van der Waals surface area contributed by atoms with Gasteiger partial charge in [-0.2, -0.15) is 11.8 Å². The van der Waals surface area contributed by atoms with E-state index in [1.54, 1.807) is 18.9 Å². The van der Waals surface area contributed by atoms with Crippen LogP contribution in [0.2, 0.25) is 0 Å². The summed E-state index contributed by atoms with van der Waals surface area (Å²) in [5, 5.41) is 6.30. The molecule has 0 aliphatic carbocycles. The molecule has 3 atom stereocenters. The standard InChI is InChI=1S/C10H20N2O2S.ClH/c1-4-9(15-3)10(13)12-7-5-11-6-8(7)14-2;/h7-9,11H,4-6H2,1-3H3,(H,12,13);1H. The van der Waals surface area contributed by atoms with Crippen LogP contribution < -0.4 is 10.6 Å². The molecule has 1 amide bonds. The highest BCUT2D eigenvalue weighted by atomic mass is 35.5. The second-order valence-electron chi connectivity index (χ2n) is 3.68. The molecule has 96 valence electrons. The maximum absolute atomic E-state index is 11.8. The zero-order valence-electron chi connectivity index (χ0n) is 9.99. The predicted molar refractivity (Wildman–Crippen MR) is 70.4 cm³/mol. The molecule has 0 bridgehead atoms. The fourth-order valence-corrected chi connectivity index (χ4v) is 2.40. The summed E-state index contributed by atoms with van der Waals surface area (Å²) < 4.78 is 5.29. The van der Waals surface area contributed by atoms with Gasteiger partial charge in [0, 0.05) is 20.2 Å². The summed E-state index contributed by atoms with van der Waals surface area (Å²) in [5.41, 5.74) is 0. The molecular formula is C10H21ClN2O2S. The van der Waals surface area contributed by atoms with Crippen molar-refractivity contribution in [2.75, 3.05) is 26.5 Å². The molecule has 1 aliphatic rings. The summed E-state index contributed by atoms with van der Waals surface area (Å²) in [7, 11) is 1.68. The molecule has 1 saturated heterocycles. The molecule has 1 fully saturated rings. The minimum atomic E-state index is 0. The van der Waals surface area contributed by atoms with E-state index in [-0.39, 0.29) is 35.7 Å². The average Bonchev–Trinajstić information content (AvgIpc) is 2.67. The number of methoxy groups -OCH3 is 1. The predicted octanol–water partition coefficient (Wildman–Crippen LogP) is 0.653. The smallest absolute Gasteiger partial charge is 0.233 e. The summed E-state index contributed by atoms with van der Waals surface area (Å²) in [6, 6.07) is 0.115. The van der Waals surface area contributed by atoms with Gasteiger partial charge in [0.1, 0.15) is 0 Å². The molecule has 0 spiro atoms. The van der Waals surface area contributed by atoms with E-state index < -0.39 is 0 Å². The van der Waals surface area contributed by atoms with Crippen molar-refractivity contribution in [1.29, 1.82) is 0 Å². The van der Waals surface area contributed by atoms with Crippen LogP contribution in [0.25, 0.3) is 0 Å². The molecule has 1 heterocycles. The normalized spacial score (nSPS) is 25.9. The lowest BCUT2D eigenvalue weighted by molar-refractivity contribution is -0.121. The SMILES string of the molecule is CCC(SC)C(=O)NC1CNCC1OC.Cl. The summed E-state index contributed by atoms with van der Waals surface area (Å²) in [6.07, 6.45) is 2.94. The summed E-state index contributed by atoms with van der Waals surface area (Å²) in [6.45, 7) is 3.65. The van der Waals surface area contributed by atoms with Gasteiger partial charge in [-0.1, -0.05) is 6.92 Å². The van der Waals surface area contributed by atoms with E-state index in [1.165, 1.54) is 0 Å². The Hall–Kier alpha value is 0.0300. The zero-order chi connectivity index (χ0) is 11.3. The van der Waals surface area contributed by atoms with E-state index >= 15 is 0 Å². The highest BCUT2D eigenvalue weighted by molar-refractivity contribution is 7.99. The van der Waals surface area contributed by atoms with Gasteiger partial charge >= 0.3 is 0 Å². The minimum Gasteiger partial charge on any atom is -0.378 e. The van der Waals surface area contributed by atoms with Crippen LogP contribution in [-0.2, 0) is 9.53 Å². The van der Waals surface area contributed by atoms with Crippen molar-refractivity contribution in [3.05, 3.63) is 0 Å². The summed E-state index contributed by atoms with van der Waals surface area (Å²) >= 11 is 1.60. The molecule has 1 rings (SSSR count). The van der Waals surface area contributed by atoms with E-state index in [0.29, 0.717) is 0 Å². The van der Waals surface area contributed by atoms with Crippen molar-refractivity contribution in [2.45, 2.75) is 30.7 Å². The van der Waals surface area contributed by atoms with Crippen molar-refractivity contribution >= 4 is 30.1 Å². The van der Waals surface area contributed by atoms with Gasteiger partial charge in [0.2, 0.25) is 5.91 Å². The highest BCUT2D eigenvalue weighted by Crippen LogP contribution is 2.12. The van der Waals surface area contributed by atoms with Gasteiger partial charge in [0.15, 0.2) is 0 Å². The summed E-state index contributed by atoms with van der Waals surface area (Å²) in [5.74, 6) is 0.126. The van der Waals surface area contributed by atoms with Gasteiger partial charge in [0.05, 0.1) is 17.4 Å². The van der Waals surface area contributed by atoms with E-state index in [1.807, 2.05) is 13.2 Å². The van der Waals surface area contributed by atoms with Gasteiger partial charge in [-0.15, -0.1) is 12.4 Å². The number of rotatable bonds is 5. The second kappa shape index (κ2) is 8.17. The van der Waals surface area contributed by atoms with Crippen LogP contribution in [0, 0.1) is 0 Å². The van der Waals surface area contributed by atoms with Crippen LogP contribution in [0.4, 0.5) is 0 Å². The number of ether oxygens (including phenoxy) is 1. The maximum atomic E-state index is 11.8. The van der Waals surface area contributed by atoms with Crippen molar-refractivity contribution in [2.24, 2.45) is 0 Å². The molecule has 0 radical (unpaired) electrons. The Bertz CT molecular complexity index is 215. The fourth-order valence-electron chi connectivity index (χ4n) is 1.78.